The van der Waals surface area contributed by atoms with E-state index in [1.165, 1.54) is 19.3 Å². The largest absolute Gasteiger partial charge is 0.465 e. The molecule has 28 heavy (non-hydrogen) atoms. The third-order valence-corrected chi connectivity index (χ3v) is 5.74. The number of nitrogens with one attached hydrogen (secondary N) is 1. The van der Waals surface area contributed by atoms with Crippen molar-refractivity contribution in [1.29, 1.82) is 0 Å². The van der Waals surface area contributed by atoms with Crippen molar-refractivity contribution >= 4 is 17.5 Å². The van der Waals surface area contributed by atoms with Gasteiger partial charge in [0.1, 0.15) is 11.5 Å². The number of furan rings is 1. The topological polar surface area (TPSA) is 74.5 Å². The number of piperidine rings is 2. The highest BCUT2D eigenvalue weighted by Gasteiger charge is 2.26. The lowest BCUT2D eigenvalue weighted by Gasteiger charge is -2.32. The van der Waals surface area contributed by atoms with E-state index in [0.29, 0.717) is 6.54 Å². The summed E-state index contributed by atoms with van der Waals surface area (Å²) < 4.78 is 5.51. The molecule has 2 aromatic rings. The van der Waals surface area contributed by atoms with Crippen LogP contribution in [0.5, 0.6) is 0 Å². The normalized spacial score (nSPS) is 18.3. The molecule has 0 radical (unpaired) electrons. The number of hydrogen-bond donors (Lipinski definition) is 1. The van der Waals surface area contributed by atoms with Crippen molar-refractivity contribution in [3.63, 3.8) is 0 Å². The molecule has 2 aliphatic rings. The summed E-state index contributed by atoms with van der Waals surface area (Å²) in [5.74, 6) is 3.71. The van der Waals surface area contributed by atoms with E-state index >= 15 is 0 Å². The quantitative estimate of drug-likeness (QED) is 0.856. The van der Waals surface area contributed by atoms with Crippen LogP contribution in [-0.4, -0.2) is 42.3 Å². The van der Waals surface area contributed by atoms with Crippen LogP contribution >= 0.6 is 0 Å². The van der Waals surface area contributed by atoms with Crippen LogP contribution in [0.15, 0.2) is 28.7 Å². The second kappa shape index (κ2) is 8.63. The van der Waals surface area contributed by atoms with Crippen molar-refractivity contribution in [2.75, 3.05) is 36.0 Å². The second-order valence-corrected chi connectivity index (χ2v) is 7.79. The number of anilines is 2. The first kappa shape index (κ1) is 18.8. The molecule has 0 atom stereocenters. The first-order valence-corrected chi connectivity index (χ1v) is 10.4. The van der Waals surface area contributed by atoms with Gasteiger partial charge in [0, 0.05) is 32.1 Å². The van der Waals surface area contributed by atoms with Gasteiger partial charge in [-0.25, -0.2) is 0 Å². The molecule has 7 nitrogen and oxygen atoms in total. The Morgan fingerprint density at radius 1 is 1.00 bits per heavy atom. The van der Waals surface area contributed by atoms with E-state index in [-0.39, 0.29) is 11.8 Å². The van der Waals surface area contributed by atoms with Gasteiger partial charge < -0.3 is 19.5 Å². The highest BCUT2D eigenvalue weighted by molar-refractivity contribution is 5.78. The zero-order valence-corrected chi connectivity index (χ0v) is 16.6. The van der Waals surface area contributed by atoms with E-state index in [9.17, 15) is 4.79 Å². The molecular weight excluding hydrogens is 354 g/mol. The fourth-order valence-electron chi connectivity index (χ4n) is 4.05. The van der Waals surface area contributed by atoms with Crippen LogP contribution in [-0.2, 0) is 11.3 Å². The SMILES string of the molecule is Cc1ccc(CNC(=O)C2CCN(c3ccc(N4CCCCC4)nn3)CC2)o1. The molecule has 4 heterocycles. The lowest BCUT2D eigenvalue weighted by Crippen LogP contribution is -2.40. The minimum Gasteiger partial charge on any atom is -0.465 e. The zero-order valence-electron chi connectivity index (χ0n) is 16.6. The van der Waals surface area contributed by atoms with E-state index in [1.807, 2.05) is 19.1 Å². The van der Waals surface area contributed by atoms with Crippen molar-refractivity contribution in [1.82, 2.24) is 15.5 Å². The standard InChI is InChI=1S/C21H29N5O2/c1-16-5-6-18(28-16)15-22-21(27)17-9-13-26(14-10-17)20-8-7-19(23-24-20)25-11-3-2-4-12-25/h5-8,17H,2-4,9-15H2,1H3,(H,22,27). The number of amides is 1. The highest BCUT2D eigenvalue weighted by Crippen LogP contribution is 2.24. The molecule has 7 heteroatoms. The van der Waals surface area contributed by atoms with Crippen molar-refractivity contribution in [3.05, 3.63) is 35.8 Å². The second-order valence-electron chi connectivity index (χ2n) is 7.79. The Labute approximate surface area is 166 Å². The van der Waals surface area contributed by atoms with E-state index in [2.05, 4.69) is 37.4 Å². The summed E-state index contributed by atoms with van der Waals surface area (Å²) in [6, 6.07) is 7.97. The first-order chi connectivity index (χ1) is 13.7. The Morgan fingerprint density at radius 3 is 2.21 bits per heavy atom. The molecule has 2 aliphatic heterocycles. The summed E-state index contributed by atoms with van der Waals surface area (Å²) in [6.07, 6.45) is 5.44. The molecule has 0 unspecified atom stereocenters. The highest BCUT2D eigenvalue weighted by atomic mass is 16.3. The number of aryl methyl sites for hydroxylation is 1. The lowest BCUT2D eigenvalue weighted by molar-refractivity contribution is -0.125. The van der Waals surface area contributed by atoms with Gasteiger partial charge in [-0.1, -0.05) is 0 Å². The Kier molecular flexibility index (Phi) is 5.78. The number of nitrogens with zero attached hydrogens (tertiary/aromatic N) is 4. The number of carbonyl (C=O) groups is 1. The molecule has 150 valence electrons. The fourth-order valence-corrected chi connectivity index (χ4v) is 4.05. The van der Waals surface area contributed by atoms with Gasteiger partial charge in [-0.15, -0.1) is 10.2 Å². The molecule has 2 aromatic heterocycles. The molecular formula is C21H29N5O2. The van der Waals surface area contributed by atoms with E-state index in [0.717, 1.165) is 62.2 Å². The lowest BCUT2D eigenvalue weighted by atomic mass is 9.96. The van der Waals surface area contributed by atoms with Crippen LogP contribution < -0.4 is 15.1 Å². The maximum absolute atomic E-state index is 12.4. The summed E-state index contributed by atoms with van der Waals surface area (Å²) in [7, 11) is 0. The van der Waals surface area contributed by atoms with Crippen LogP contribution in [0.25, 0.3) is 0 Å². The van der Waals surface area contributed by atoms with Crippen LogP contribution in [0.1, 0.15) is 43.6 Å². The monoisotopic (exact) mass is 383 g/mol. The molecule has 2 fully saturated rings. The van der Waals surface area contributed by atoms with Crippen LogP contribution in [0.2, 0.25) is 0 Å². The maximum atomic E-state index is 12.4. The van der Waals surface area contributed by atoms with Gasteiger partial charge in [0.15, 0.2) is 11.6 Å². The van der Waals surface area contributed by atoms with Gasteiger partial charge in [0.2, 0.25) is 5.91 Å². The van der Waals surface area contributed by atoms with Crippen molar-refractivity contribution in [2.24, 2.45) is 5.92 Å². The van der Waals surface area contributed by atoms with Crippen LogP contribution in [0, 0.1) is 12.8 Å². The number of aromatic nitrogens is 2. The molecule has 0 aliphatic carbocycles. The molecule has 0 spiro atoms. The average Bonchev–Trinajstić information content (AvgIpc) is 3.18. The van der Waals surface area contributed by atoms with E-state index in [4.69, 9.17) is 4.42 Å². The number of carbonyl (C=O) groups excluding carboxylic acids is 1. The zero-order chi connectivity index (χ0) is 19.3. The minimum atomic E-state index is 0.0490. The average molecular weight is 383 g/mol. The minimum absolute atomic E-state index is 0.0490. The summed E-state index contributed by atoms with van der Waals surface area (Å²) >= 11 is 0. The Morgan fingerprint density at radius 2 is 1.64 bits per heavy atom. The fraction of sp³-hybridized carbons (Fsp3) is 0.571. The predicted octanol–water partition coefficient (Wildman–Crippen LogP) is 2.90. The maximum Gasteiger partial charge on any atom is 0.223 e. The molecule has 1 N–H and O–H groups in total. The van der Waals surface area contributed by atoms with Crippen molar-refractivity contribution in [3.8, 4) is 0 Å². The third-order valence-electron chi connectivity index (χ3n) is 5.74. The van der Waals surface area contributed by atoms with Gasteiger partial charge in [0.05, 0.1) is 6.54 Å². The Bertz CT molecular complexity index is 774. The summed E-state index contributed by atoms with van der Waals surface area (Å²) in [5.41, 5.74) is 0. The Hall–Kier alpha value is -2.57. The molecule has 2 saturated heterocycles. The predicted molar refractivity (Wildman–Crippen MR) is 108 cm³/mol. The van der Waals surface area contributed by atoms with Crippen LogP contribution in [0.4, 0.5) is 11.6 Å². The molecule has 4 rings (SSSR count). The smallest absolute Gasteiger partial charge is 0.223 e. The van der Waals surface area contributed by atoms with Gasteiger partial charge >= 0.3 is 0 Å². The molecule has 0 saturated carbocycles. The van der Waals surface area contributed by atoms with Crippen LogP contribution in [0.3, 0.4) is 0 Å². The summed E-state index contributed by atoms with van der Waals surface area (Å²) in [5, 5.41) is 11.9. The van der Waals surface area contributed by atoms with E-state index in [1.54, 1.807) is 0 Å². The molecule has 0 bridgehead atoms. The number of hydrogen-bond acceptors (Lipinski definition) is 6. The number of rotatable bonds is 5. The van der Waals surface area contributed by atoms with Gasteiger partial charge in [0.25, 0.3) is 0 Å². The molecule has 1 amide bonds. The van der Waals surface area contributed by atoms with Crippen molar-refractivity contribution < 1.29 is 9.21 Å². The van der Waals surface area contributed by atoms with Gasteiger partial charge in [-0.3, -0.25) is 4.79 Å². The summed E-state index contributed by atoms with van der Waals surface area (Å²) in [6.45, 7) is 6.17. The first-order valence-electron chi connectivity index (χ1n) is 10.4. The van der Waals surface area contributed by atoms with Crippen molar-refractivity contribution in [2.45, 2.75) is 45.6 Å². The van der Waals surface area contributed by atoms with E-state index < -0.39 is 0 Å². The van der Waals surface area contributed by atoms with Gasteiger partial charge in [-0.05, 0) is 63.3 Å². The summed E-state index contributed by atoms with van der Waals surface area (Å²) in [4.78, 5) is 17.0. The molecule has 0 aromatic carbocycles. The Balaban J connectivity index is 1.25. The third kappa shape index (κ3) is 4.46. The van der Waals surface area contributed by atoms with Gasteiger partial charge in [-0.2, -0.15) is 0 Å².